The Kier molecular flexibility index (Phi) is 10.5. The Morgan fingerprint density at radius 3 is 2.44 bits per heavy atom. The van der Waals surface area contributed by atoms with Crippen molar-refractivity contribution in [3.8, 4) is 5.75 Å². The van der Waals surface area contributed by atoms with Gasteiger partial charge in [0.05, 0.1) is 13.2 Å². The summed E-state index contributed by atoms with van der Waals surface area (Å²) in [5.74, 6) is 2.26. The van der Waals surface area contributed by atoms with Crippen LogP contribution in [0.4, 0.5) is 0 Å². The van der Waals surface area contributed by atoms with Crippen molar-refractivity contribution in [2.45, 2.75) is 65.0 Å². The molecule has 0 spiro atoms. The fraction of sp³-hybridized carbons (Fsp3) is 0.636. The van der Waals surface area contributed by atoms with Gasteiger partial charge >= 0.3 is 0 Å². The standard InChI is InChI=1S/C22H37NO2/c1-6-17(2)15-18(3)9-7-8-10-22(24)21(23-4)16-19-11-13-20(25-5)14-12-19/h7,9,11-14,17-18,21-24H,6,8,10,15-16H2,1-5H3/b9-7+/t17-,18+,21+,22-/m0/s1. The number of methoxy groups -OCH3 is 1. The second kappa shape index (κ2) is 12.1. The predicted molar refractivity (Wildman–Crippen MR) is 107 cm³/mol. The van der Waals surface area contributed by atoms with Gasteiger partial charge in [-0.05, 0) is 62.3 Å². The van der Waals surface area contributed by atoms with Crippen LogP contribution in [0.3, 0.4) is 0 Å². The molecule has 0 saturated carbocycles. The second-order valence-corrected chi connectivity index (χ2v) is 7.25. The predicted octanol–water partition coefficient (Wildman–Crippen LogP) is 4.60. The van der Waals surface area contributed by atoms with E-state index >= 15 is 0 Å². The maximum atomic E-state index is 10.5. The molecule has 0 saturated heterocycles. The van der Waals surface area contributed by atoms with E-state index in [-0.39, 0.29) is 12.1 Å². The molecule has 0 aromatic heterocycles. The van der Waals surface area contributed by atoms with E-state index in [1.165, 1.54) is 18.4 Å². The molecule has 0 aliphatic carbocycles. The molecule has 0 radical (unpaired) electrons. The van der Waals surface area contributed by atoms with E-state index in [4.69, 9.17) is 4.74 Å². The SMILES string of the molecule is CC[C@H](C)C[C@H](C)/C=C/CC[C@H](O)[C@@H](Cc1ccc(OC)cc1)NC. The van der Waals surface area contributed by atoms with E-state index in [0.717, 1.165) is 30.9 Å². The average molecular weight is 348 g/mol. The lowest BCUT2D eigenvalue weighted by atomic mass is 9.94. The third-order valence-electron chi connectivity index (χ3n) is 5.01. The Morgan fingerprint density at radius 2 is 1.88 bits per heavy atom. The van der Waals surface area contributed by atoms with Crippen molar-refractivity contribution in [2.24, 2.45) is 11.8 Å². The van der Waals surface area contributed by atoms with Gasteiger partial charge in [-0.1, -0.05) is 51.5 Å². The number of aliphatic hydroxyl groups excluding tert-OH is 1. The van der Waals surface area contributed by atoms with E-state index < -0.39 is 0 Å². The summed E-state index contributed by atoms with van der Waals surface area (Å²) in [6.07, 6.45) is 9.20. The monoisotopic (exact) mass is 347 g/mol. The van der Waals surface area contributed by atoms with E-state index in [1.807, 2.05) is 19.2 Å². The summed E-state index contributed by atoms with van der Waals surface area (Å²) in [6.45, 7) is 6.84. The van der Waals surface area contributed by atoms with Gasteiger partial charge in [0.25, 0.3) is 0 Å². The Morgan fingerprint density at radius 1 is 1.20 bits per heavy atom. The van der Waals surface area contributed by atoms with Crippen LogP contribution in [0.2, 0.25) is 0 Å². The van der Waals surface area contributed by atoms with Crippen LogP contribution in [0.15, 0.2) is 36.4 Å². The fourth-order valence-corrected chi connectivity index (χ4v) is 3.12. The highest BCUT2D eigenvalue weighted by molar-refractivity contribution is 5.27. The zero-order valence-electron chi connectivity index (χ0n) is 16.7. The maximum absolute atomic E-state index is 10.5. The molecular weight excluding hydrogens is 310 g/mol. The zero-order chi connectivity index (χ0) is 18.7. The van der Waals surface area contributed by atoms with Crippen LogP contribution in [0.5, 0.6) is 5.75 Å². The van der Waals surface area contributed by atoms with Gasteiger partial charge in [0.15, 0.2) is 0 Å². The number of likely N-dealkylation sites (N-methyl/N-ethyl adjacent to an activating group) is 1. The van der Waals surface area contributed by atoms with Crippen molar-refractivity contribution < 1.29 is 9.84 Å². The highest BCUT2D eigenvalue weighted by Crippen LogP contribution is 2.17. The van der Waals surface area contributed by atoms with E-state index in [0.29, 0.717) is 5.92 Å². The highest BCUT2D eigenvalue weighted by Gasteiger charge is 2.17. The van der Waals surface area contributed by atoms with Gasteiger partial charge in [0.1, 0.15) is 5.75 Å². The van der Waals surface area contributed by atoms with Crippen molar-refractivity contribution in [1.82, 2.24) is 5.32 Å². The summed E-state index contributed by atoms with van der Waals surface area (Å²) in [5, 5.41) is 13.8. The highest BCUT2D eigenvalue weighted by atomic mass is 16.5. The first-order valence-electron chi connectivity index (χ1n) is 9.65. The molecule has 3 heteroatoms. The minimum atomic E-state index is -0.346. The van der Waals surface area contributed by atoms with E-state index in [9.17, 15) is 5.11 Å². The minimum Gasteiger partial charge on any atom is -0.497 e. The Hall–Kier alpha value is -1.32. The normalized spacial score (nSPS) is 16.6. The molecule has 1 aromatic rings. The molecule has 25 heavy (non-hydrogen) atoms. The molecule has 0 aliphatic rings. The molecule has 0 amide bonds. The maximum Gasteiger partial charge on any atom is 0.118 e. The third-order valence-corrected chi connectivity index (χ3v) is 5.01. The molecule has 1 rings (SSSR count). The van der Waals surface area contributed by atoms with Gasteiger partial charge in [-0.15, -0.1) is 0 Å². The summed E-state index contributed by atoms with van der Waals surface area (Å²) < 4.78 is 5.19. The molecule has 142 valence electrons. The third kappa shape index (κ3) is 8.55. The number of aliphatic hydroxyl groups is 1. The first-order valence-corrected chi connectivity index (χ1v) is 9.65. The van der Waals surface area contributed by atoms with Crippen molar-refractivity contribution in [1.29, 1.82) is 0 Å². The Labute approximate surface area is 154 Å². The second-order valence-electron chi connectivity index (χ2n) is 7.25. The molecular formula is C22H37NO2. The number of ether oxygens (including phenoxy) is 1. The van der Waals surface area contributed by atoms with Gasteiger partial charge in [-0.3, -0.25) is 0 Å². The molecule has 0 unspecified atom stereocenters. The van der Waals surface area contributed by atoms with Crippen LogP contribution in [0.1, 0.15) is 52.0 Å². The van der Waals surface area contributed by atoms with Crippen LogP contribution < -0.4 is 10.1 Å². The number of hydrogen-bond acceptors (Lipinski definition) is 3. The molecule has 0 bridgehead atoms. The van der Waals surface area contributed by atoms with E-state index in [2.05, 4.69) is 50.4 Å². The van der Waals surface area contributed by atoms with Crippen LogP contribution in [-0.2, 0) is 6.42 Å². The van der Waals surface area contributed by atoms with Gasteiger partial charge in [-0.2, -0.15) is 0 Å². The largest absolute Gasteiger partial charge is 0.497 e. The van der Waals surface area contributed by atoms with Gasteiger partial charge < -0.3 is 15.2 Å². The number of hydrogen-bond donors (Lipinski definition) is 2. The van der Waals surface area contributed by atoms with Crippen molar-refractivity contribution in [3.63, 3.8) is 0 Å². The van der Waals surface area contributed by atoms with Crippen LogP contribution >= 0.6 is 0 Å². The molecule has 2 N–H and O–H groups in total. The molecule has 0 aliphatic heterocycles. The summed E-state index contributed by atoms with van der Waals surface area (Å²) in [4.78, 5) is 0. The topological polar surface area (TPSA) is 41.5 Å². The number of rotatable bonds is 12. The lowest BCUT2D eigenvalue weighted by molar-refractivity contribution is 0.122. The van der Waals surface area contributed by atoms with Crippen molar-refractivity contribution in [2.75, 3.05) is 14.2 Å². The number of nitrogens with one attached hydrogen (secondary N) is 1. The summed E-state index contributed by atoms with van der Waals surface area (Å²) >= 11 is 0. The van der Waals surface area contributed by atoms with Gasteiger partial charge in [-0.25, -0.2) is 0 Å². The summed E-state index contributed by atoms with van der Waals surface area (Å²) in [7, 11) is 3.59. The molecule has 0 fully saturated rings. The van der Waals surface area contributed by atoms with E-state index in [1.54, 1.807) is 7.11 Å². The number of benzene rings is 1. The minimum absolute atomic E-state index is 0.0688. The lowest BCUT2D eigenvalue weighted by Gasteiger charge is -2.22. The Bertz CT molecular complexity index is 483. The fourth-order valence-electron chi connectivity index (χ4n) is 3.12. The van der Waals surface area contributed by atoms with Gasteiger partial charge in [0, 0.05) is 6.04 Å². The average Bonchev–Trinajstić information content (AvgIpc) is 2.63. The number of allylic oxidation sites excluding steroid dienone is 2. The summed E-state index contributed by atoms with van der Waals surface area (Å²) in [6, 6.07) is 8.13. The van der Waals surface area contributed by atoms with Crippen LogP contribution in [-0.4, -0.2) is 31.4 Å². The van der Waals surface area contributed by atoms with Crippen molar-refractivity contribution >= 4 is 0 Å². The first kappa shape index (κ1) is 21.7. The smallest absolute Gasteiger partial charge is 0.118 e. The van der Waals surface area contributed by atoms with Crippen molar-refractivity contribution in [3.05, 3.63) is 42.0 Å². The van der Waals surface area contributed by atoms with Gasteiger partial charge in [0.2, 0.25) is 0 Å². The molecule has 4 atom stereocenters. The molecule has 0 heterocycles. The zero-order valence-corrected chi connectivity index (χ0v) is 16.7. The Balaban J connectivity index is 2.40. The van der Waals surface area contributed by atoms with Crippen LogP contribution in [0, 0.1) is 11.8 Å². The summed E-state index contributed by atoms with van der Waals surface area (Å²) in [5.41, 5.74) is 1.21. The first-order chi connectivity index (χ1) is 12.0. The quantitative estimate of drug-likeness (QED) is 0.543. The van der Waals surface area contributed by atoms with Crippen LogP contribution in [0.25, 0.3) is 0 Å². The molecule has 3 nitrogen and oxygen atoms in total. The molecule has 1 aromatic carbocycles. The lowest BCUT2D eigenvalue weighted by Crippen LogP contribution is -2.39.